The minimum absolute atomic E-state index is 0.526. The highest BCUT2D eigenvalue weighted by Gasteiger charge is 2.42. The maximum atomic E-state index is 9.12. The quantitative estimate of drug-likeness (QED) is 0.534. The lowest BCUT2D eigenvalue weighted by Crippen LogP contribution is -2.58. The minimum Gasteiger partial charge on any atom is -0.394 e. The highest BCUT2D eigenvalue weighted by atomic mass is 16.6. The smallest absolute Gasteiger partial charge is 0.184 e. The molecule has 0 bridgehead atoms. The molecule has 1 aliphatic rings. The number of hydrogen-bond donors (Lipinski definition) is 5. The highest BCUT2D eigenvalue weighted by Crippen LogP contribution is 2.19. The molecule has 0 radical (unpaired) electrons. The maximum Gasteiger partial charge on any atom is 0.184 e. The minimum atomic E-state index is -1.57. The van der Waals surface area contributed by atoms with Gasteiger partial charge in [-0.3, -0.25) is 0 Å². The first-order valence-electron chi connectivity index (χ1n) is 7.63. The largest absolute Gasteiger partial charge is 0.394 e. The topological polar surface area (TPSA) is 110 Å². The van der Waals surface area contributed by atoms with E-state index >= 15 is 0 Å². The fraction of sp³-hybridized carbons (Fsp3) is 0.333. The average Bonchev–Trinajstić information content (AvgIpc) is 2.65. The molecule has 130 valence electrons. The van der Waals surface area contributed by atoms with Gasteiger partial charge in [-0.2, -0.15) is 0 Å². The Morgan fingerprint density at radius 3 is 1.54 bits per heavy atom. The van der Waals surface area contributed by atoms with Gasteiger partial charge in [-0.15, -0.1) is 0 Å². The van der Waals surface area contributed by atoms with Crippen molar-refractivity contribution in [1.82, 2.24) is 0 Å². The molecule has 1 saturated heterocycles. The van der Waals surface area contributed by atoms with E-state index in [1.54, 1.807) is 0 Å². The zero-order valence-corrected chi connectivity index (χ0v) is 13.0. The van der Waals surface area contributed by atoms with Gasteiger partial charge in [0.05, 0.1) is 6.61 Å². The molecule has 0 saturated carbocycles. The summed E-state index contributed by atoms with van der Waals surface area (Å²) >= 11 is 0. The van der Waals surface area contributed by atoms with Crippen LogP contribution in [0.5, 0.6) is 0 Å². The summed E-state index contributed by atoms with van der Waals surface area (Å²) in [4.78, 5) is 0. The number of rotatable bonds is 2. The van der Waals surface area contributed by atoms with E-state index in [1.165, 1.54) is 11.1 Å². The molecule has 1 unspecified atom stereocenters. The zero-order valence-electron chi connectivity index (χ0n) is 13.0. The van der Waals surface area contributed by atoms with E-state index in [4.69, 9.17) is 25.5 Å². The normalized spacial score (nSPS) is 29.5. The summed E-state index contributed by atoms with van der Waals surface area (Å²) in [6.07, 6.45) is -7.04. The van der Waals surface area contributed by atoms with E-state index < -0.39 is 37.3 Å². The van der Waals surface area contributed by atoms with Gasteiger partial charge in [0.1, 0.15) is 24.4 Å². The molecule has 1 aliphatic heterocycles. The zero-order chi connectivity index (χ0) is 17.5. The second-order valence-electron chi connectivity index (χ2n) is 5.45. The van der Waals surface area contributed by atoms with Crippen molar-refractivity contribution in [1.29, 1.82) is 0 Å². The van der Waals surface area contributed by atoms with Crippen LogP contribution in [0, 0.1) is 0 Å². The number of hydrogen-bond acceptors (Lipinski definition) is 6. The van der Waals surface area contributed by atoms with Crippen LogP contribution in [0.3, 0.4) is 0 Å². The number of benzene rings is 2. The summed E-state index contributed by atoms with van der Waals surface area (Å²) in [5.74, 6) is 0. The molecule has 0 amide bonds. The predicted molar refractivity (Wildman–Crippen MR) is 87.9 cm³/mol. The van der Waals surface area contributed by atoms with E-state index in [1.807, 2.05) is 12.1 Å². The third-order valence-electron chi connectivity index (χ3n) is 3.75. The van der Waals surface area contributed by atoms with Gasteiger partial charge in [0.15, 0.2) is 6.29 Å². The van der Waals surface area contributed by atoms with Gasteiger partial charge in [-0.1, -0.05) is 60.7 Å². The SMILES string of the molecule is OC[C@H]1OC(O)[C@H](O)[C@@H](O)[C@@H]1O.c1ccc(-c2ccccc2)cc1. The van der Waals surface area contributed by atoms with Crippen LogP contribution in [0.1, 0.15) is 0 Å². The molecule has 1 heterocycles. The maximum absolute atomic E-state index is 9.12. The van der Waals surface area contributed by atoms with E-state index in [9.17, 15) is 0 Å². The van der Waals surface area contributed by atoms with Crippen LogP contribution in [0.2, 0.25) is 0 Å². The third kappa shape index (κ3) is 4.61. The lowest BCUT2D eigenvalue weighted by molar-refractivity contribution is -0.286. The van der Waals surface area contributed by atoms with Gasteiger partial charge in [-0.25, -0.2) is 0 Å². The van der Waals surface area contributed by atoms with Crippen molar-refractivity contribution in [3.05, 3.63) is 60.7 Å². The molecule has 2 aromatic rings. The first kappa shape index (κ1) is 18.5. The fourth-order valence-electron chi connectivity index (χ4n) is 2.34. The third-order valence-corrected chi connectivity index (χ3v) is 3.75. The molecule has 24 heavy (non-hydrogen) atoms. The van der Waals surface area contributed by atoms with Crippen LogP contribution in [0.4, 0.5) is 0 Å². The van der Waals surface area contributed by atoms with Crippen molar-refractivity contribution in [3.63, 3.8) is 0 Å². The molecule has 0 aliphatic carbocycles. The summed E-state index contributed by atoms with van der Waals surface area (Å²) in [6, 6.07) is 20.8. The van der Waals surface area contributed by atoms with Crippen molar-refractivity contribution in [2.24, 2.45) is 0 Å². The van der Waals surface area contributed by atoms with Crippen molar-refractivity contribution < 1.29 is 30.3 Å². The van der Waals surface area contributed by atoms with Crippen molar-refractivity contribution in [2.45, 2.75) is 30.7 Å². The van der Waals surface area contributed by atoms with Gasteiger partial charge < -0.3 is 30.3 Å². The molecule has 3 rings (SSSR count). The Labute approximate surface area is 140 Å². The Balaban J connectivity index is 0.000000174. The Hall–Kier alpha value is -1.80. The van der Waals surface area contributed by atoms with Crippen LogP contribution in [0.25, 0.3) is 11.1 Å². The van der Waals surface area contributed by atoms with Crippen LogP contribution in [-0.4, -0.2) is 62.8 Å². The summed E-state index contributed by atoms with van der Waals surface area (Å²) in [5.41, 5.74) is 2.55. The van der Waals surface area contributed by atoms with Gasteiger partial charge in [0.2, 0.25) is 0 Å². The van der Waals surface area contributed by atoms with Crippen molar-refractivity contribution in [2.75, 3.05) is 6.61 Å². The lowest BCUT2D eigenvalue weighted by Gasteiger charge is -2.37. The standard InChI is InChI=1S/C12H10.C6H12O6/c1-3-7-11(8-4-1)12-9-5-2-6-10-12;7-1-2-3(8)4(9)5(10)6(11)12-2/h1-10H;2-11H,1H2/t;2-,3-,4+,5-,6?/m.1/s1. The predicted octanol–water partition coefficient (Wildman–Crippen LogP) is 0.132. The van der Waals surface area contributed by atoms with Crippen molar-refractivity contribution >= 4 is 0 Å². The van der Waals surface area contributed by atoms with Gasteiger partial charge in [0, 0.05) is 0 Å². The first-order chi connectivity index (χ1) is 11.5. The second-order valence-corrected chi connectivity index (χ2v) is 5.45. The molecule has 5 N–H and O–H groups in total. The monoisotopic (exact) mass is 334 g/mol. The molecule has 0 spiro atoms. The summed E-state index contributed by atoms with van der Waals surface area (Å²) in [5, 5.41) is 44.7. The Bertz CT molecular complexity index is 549. The van der Waals surface area contributed by atoms with Crippen LogP contribution in [-0.2, 0) is 4.74 Å². The van der Waals surface area contributed by atoms with Crippen LogP contribution >= 0.6 is 0 Å². The molecule has 1 fully saturated rings. The van der Waals surface area contributed by atoms with E-state index in [2.05, 4.69) is 53.3 Å². The van der Waals surface area contributed by atoms with Gasteiger partial charge in [0.25, 0.3) is 0 Å². The highest BCUT2D eigenvalue weighted by molar-refractivity contribution is 5.62. The van der Waals surface area contributed by atoms with E-state index in [0.717, 1.165) is 0 Å². The average molecular weight is 334 g/mol. The molecule has 0 aromatic heterocycles. The summed E-state index contributed by atoms with van der Waals surface area (Å²) < 4.78 is 4.58. The molecular weight excluding hydrogens is 312 g/mol. The Kier molecular flexibility index (Phi) is 6.86. The number of aliphatic hydroxyl groups excluding tert-OH is 5. The van der Waals surface area contributed by atoms with E-state index in [-0.39, 0.29) is 0 Å². The first-order valence-corrected chi connectivity index (χ1v) is 7.63. The molecular formula is C18H22O6. The lowest BCUT2D eigenvalue weighted by atomic mass is 10.00. The van der Waals surface area contributed by atoms with E-state index in [0.29, 0.717) is 0 Å². The molecule has 5 atom stereocenters. The summed E-state index contributed by atoms with van der Waals surface area (Å²) in [6.45, 7) is -0.526. The fourth-order valence-corrected chi connectivity index (χ4v) is 2.34. The molecule has 6 heteroatoms. The Morgan fingerprint density at radius 2 is 1.12 bits per heavy atom. The van der Waals surface area contributed by atoms with Gasteiger partial charge >= 0.3 is 0 Å². The second kappa shape index (κ2) is 8.89. The molecule has 2 aromatic carbocycles. The van der Waals surface area contributed by atoms with Crippen LogP contribution in [0.15, 0.2) is 60.7 Å². The van der Waals surface area contributed by atoms with Crippen LogP contribution < -0.4 is 0 Å². The Morgan fingerprint density at radius 1 is 0.667 bits per heavy atom. The number of aliphatic hydroxyl groups is 5. The molecule has 6 nitrogen and oxygen atoms in total. The van der Waals surface area contributed by atoms with Gasteiger partial charge in [-0.05, 0) is 11.1 Å². The number of ether oxygens (including phenoxy) is 1. The summed E-state index contributed by atoms with van der Waals surface area (Å²) in [7, 11) is 0. The van der Waals surface area contributed by atoms with Crippen molar-refractivity contribution in [3.8, 4) is 11.1 Å².